The van der Waals surface area contributed by atoms with Gasteiger partial charge in [0.25, 0.3) is 0 Å². The molecule has 4 heteroatoms. The Morgan fingerprint density at radius 1 is 1.26 bits per heavy atom. The maximum atomic E-state index is 5.26. The summed E-state index contributed by atoms with van der Waals surface area (Å²) in [6.45, 7) is 0.582. The predicted molar refractivity (Wildman–Crippen MR) is 73.7 cm³/mol. The fraction of sp³-hybridized carbons (Fsp3) is 0.467. The lowest BCUT2D eigenvalue weighted by Crippen LogP contribution is -2.09. The predicted octanol–water partition coefficient (Wildman–Crippen LogP) is 3.21. The normalized spacial score (nSPS) is 16.1. The van der Waals surface area contributed by atoms with E-state index < -0.39 is 0 Å². The Hall–Kier alpha value is -1.68. The number of hydrogen-bond donors (Lipinski definition) is 0. The standard InChI is InChI=1S/C15H19N3O/c1-19-11-12-5-4-9-16-15(12)14-8-10-17-18(14)13-6-2-3-7-13/h4-5,8-10,13H,2-3,6-7,11H2,1H3. The number of pyridine rings is 1. The van der Waals surface area contributed by atoms with Crippen LogP contribution in [-0.4, -0.2) is 21.9 Å². The van der Waals surface area contributed by atoms with E-state index in [4.69, 9.17) is 4.74 Å². The summed E-state index contributed by atoms with van der Waals surface area (Å²) in [4.78, 5) is 4.53. The molecule has 0 amide bonds. The van der Waals surface area contributed by atoms with Gasteiger partial charge in [-0.25, -0.2) is 0 Å². The van der Waals surface area contributed by atoms with E-state index in [2.05, 4.69) is 26.9 Å². The van der Waals surface area contributed by atoms with E-state index in [0.717, 1.165) is 17.0 Å². The van der Waals surface area contributed by atoms with Crippen LogP contribution in [0.2, 0.25) is 0 Å². The molecule has 2 aromatic heterocycles. The van der Waals surface area contributed by atoms with Crippen molar-refractivity contribution in [1.82, 2.24) is 14.8 Å². The van der Waals surface area contributed by atoms with Gasteiger partial charge in [-0.2, -0.15) is 5.10 Å². The van der Waals surface area contributed by atoms with Gasteiger partial charge in [0, 0.05) is 25.1 Å². The summed E-state index contributed by atoms with van der Waals surface area (Å²) in [5, 5.41) is 4.51. The van der Waals surface area contributed by atoms with E-state index in [9.17, 15) is 0 Å². The van der Waals surface area contributed by atoms with Crippen molar-refractivity contribution in [2.45, 2.75) is 38.3 Å². The number of nitrogens with zero attached hydrogens (tertiary/aromatic N) is 3. The third kappa shape index (κ3) is 2.40. The fourth-order valence-electron chi connectivity index (χ4n) is 2.88. The second-order valence-electron chi connectivity index (χ2n) is 5.04. The molecule has 0 spiro atoms. The third-order valence-corrected chi connectivity index (χ3v) is 3.77. The highest BCUT2D eigenvalue weighted by molar-refractivity contribution is 5.58. The van der Waals surface area contributed by atoms with E-state index in [0.29, 0.717) is 12.6 Å². The monoisotopic (exact) mass is 257 g/mol. The summed E-state index contributed by atoms with van der Waals surface area (Å²) in [5.41, 5.74) is 3.22. The maximum absolute atomic E-state index is 5.26. The molecule has 4 nitrogen and oxygen atoms in total. The molecular weight excluding hydrogens is 238 g/mol. The lowest BCUT2D eigenvalue weighted by atomic mass is 10.1. The summed E-state index contributed by atoms with van der Waals surface area (Å²) in [6.07, 6.45) is 8.76. The first kappa shape index (κ1) is 12.4. The van der Waals surface area contributed by atoms with Crippen molar-refractivity contribution < 1.29 is 4.74 Å². The highest BCUT2D eigenvalue weighted by atomic mass is 16.5. The molecule has 0 aliphatic heterocycles. The Labute approximate surface area is 113 Å². The second-order valence-corrected chi connectivity index (χ2v) is 5.04. The average molecular weight is 257 g/mol. The lowest BCUT2D eigenvalue weighted by molar-refractivity contribution is 0.185. The van der Waals surface area contributed by atoms with Crippen molar-refractivity contribution in [3.05, 3.63) is 36.2 Å². The number of methoxy groups -OCH3 is 1. The summed E-state index contributed by atoms with van der Waals surface area (Å²) in [5.74, 6) is 0. The summed E-state index contributed by atoms with van der Waals surface area (Å²) in [6, 6.07) is 6.61. The molecule has 0 saturated heterocycles. The van der Waals surface area contributed by atoms with Crippen molar-refractivity contribution in [3.8, 4) is 11.4 Å². The molecule has 0 aromatic carbocycles. The smallest absolute Gasteiger partial charge is 0.0938 e. The quantitative estimate of drug-likeness (QED) is 0.844. The van der Waals surface area contributed by atoms with Gasteiger partial charge in [-0.15, -0.1) is 0 Å². The van der Waals surface area contributed by atoms with Crippen LogP contribution in [0.25, 0.3) is 11.4 Å². The molecule has 100 valence electrons. The van der Waals surface area contributed by atoms with Crippen molar-refractivity contribution in [1.29, 1.82) is 0 Å². The van der Waals surface area contributed by atoms with Crippen LogP contribution in [0.15, 0.2) is 30.6 Å². The molecule has 0 unspecified atom stereocenters. The Balaban J connectivity index is 2.00. The van der Waals surface area contributed by atoms with Crippen LogP contribution in [0.5, 0.6) is 0 Å². The van der Waals surface area contributed by atoms with E-state index >= 15 is 0 Å². The first-order valence-corrected chi connectivity index (χ1v) is 6.87. The van der Waals surface area contributed by atoms with Crippen LogP contribution < -0.4 is 0 Å². The van der Waals surface area contributed by atoms with E-state index in [1.54, 1.807) is 7.11 Å². The van der Waals surface area contributed by atoms with Crippen LogP contribution in [0.1, 0.15) is 37.3 Å². The molecule has 2 aromatic rings. The largest absolute Gasteiger partial charge is 0.380 e. The summed E-state index contributed by atoms with van der Waals surface area (Å²) in [7, 11) is 1.71. The average Bonchev–Trinajstić information content (AvgIpc) is 3.10. The highest BCUT2D eigenvalue weighted by Gasteiger charge is 2.21. The van der Waals surface area contributed by atoms with E-state index in [-0.39, 0.29) is 0 Å². The molecule has 19 heavy (non-hydrogen) atoms. The number of aromatic nitrogens is 3. The molecule has 0 N–H and O–H groups in total. The molecule has 3 rings (SSSR count). The van der Waals surface area contributed by atoms with Crippen molar-refractivity contribution in [3.63, 3.8) is 0 Å². The van der Waals surface area contributed by atoms with Crippen molar-refractivity contribution in [2.24, 2.45) is 0 Å². The van der Waals surface area contributed by atoms with Crippen LogP contribution >= 0.6 is 0 Å². The van der Waals surface area contributed by atoms with Crippen molar-refractivity contribution >= 4 is 0 Å². The topological polar surface area (TPSA) is 39.9 Å². The maximum Gasteiger partial charge on any atom is 0.0938 e. The molecular formula is C15H19N3O. The van der Waals surface area contributed by atoms with Gasteiger partial charge >= 0.3 is 0 Å². The SMILES string of the molecule is COCc1cccnc1-c1ccnn1C1CCCC1. The fourth-order valence-corrected chi connectivity index (χ4v) is 2.88. The number of hydrogen-bond acceptors (Lipinski definition) is 3. The molecule has 1 fully saturated rings. The Morgan fingerprint density at radius 2 is 2.11 bits per heavy atom. The van der Waals surface area contributed by atoms with Gasteiger partial charge in [0.05, 0.1) is 24.0 Å². The minimum Gasteiger partial charge on any atom is -0.380 e. The molecule has 0 radical (unpaired) electrons. The van der Waals surface area contributed by atoms with Gasteiger partial charge in [-0.3, -0.25) is 9.67 Å². The first-order valence-electron chi connectivity index (χ1n) is 6.87. The van der Waals surface area contributed by atoms with Crippen molar-refractivity contribution in [2.75, 3.05) is 7.11 Å². The van der Waals surface area contributed by atoms with E-state index in [1.165, 1.54) is 25.7 Å². The molecule has 0 bridgehead atoms. The molecule has 1 saturated carbocycles. The van der Waals surface area contributed by atoms with Gasteiger partial charge in [-0.05, 0) is 25.0 Å². The molecule has 1 aliphatic rings. The van der Waals surface area contributed by atoms with Gasteiger partial charge in [0.2, 0.25) is 0 Å². The zero-order valence-electron chi connectivity index (χ0n) is 11.2. The Kier molecular flexibility index (Phi) is 3.60. The Morgan fingerprint density at radius 3 is 2.89 bits per heavy atom. The van der Waals surface area contributed by atoms with Gasteiger partial charge < -0.3 is 4.74 Å². The molecule has 1 aliphatic carbocycles. The zero-order valence-corrected chi connectivity index (χ0v) is 11.2. The van der Waals surface area contributed by atoms with Crippen LogP contribution in [0.3, 0.4) is 0 Å². The van der Waals surface area contributed by atoms with E-state index in [1.807, 2.05) is 18.5 Å². The molecule has 2 heterocycles. The minimum absolute atomic E-state index is 0.530. The van der Waals surface area contributed by atoms with Crippen LogP contribution in [0.4, 0.5) is 0 Å². The number of ether oxygens (including phenoxy) is 1. The first-order chi connectivity index (χ1) is 9.40. The van der Waals surface area contributed by atoms with Gasteiger partial charge in [0.1, 0.15) is 0 Å². The van der Waals surface area contributed by atoms with Gasteiger partial charge in [0.15, 0.2) is 0 Å². The third-order valence-electron chi connectivity index (χ3n) is 3.77. The highest BCUT2D eigenvalue weighted by Crippen LogP contribution is 2.33. The summed E-state index contributed by atoms with van der Waals surface area (Å²) < 4.78 is 7.41. The number of rotatable bonds is 4. The summed E-state index contributed by atoms with van der Waals surface area (Å²) >= 11 is 0. The zero-order chi connectivity index (χ0) is 13.1. The minimum atomic E-state index is 0.530. The van der Waals surface area contributed by atoms with Gasteiger partial charge in [-0.1, -0.05) is 18.9 Å². The van der Waals surface area contributed by atoms with Crippen LogP contribution in [0, 0.1) is 0 Å². The Bertz CT molecular complexity index is 544. The van der Waals surface area contributed by atoms with Crippen LogP contribution in [-0.2, 0) is 11.3 Å². The lowest BCUT2D eigenvalue weighted by Gasteiger charge is -2.15. The molecule has 0 atom stereocenters. The second kappa shape index (κ2) is 5.53.